The normalized spacial score (nSPS) is 10.5. The fourth-order valence-electron chi connectivity index (χ4n) is 2.51. The molecule has 0 atom stereocenters. The van der Waals surface area contributed by atoms with Crippen molar-refractivity contribution in [2.75, 3.05) is 6.54 Å². The van der Waals surface area contributed by atoms with Gasteiger partial charge in [-0.1, -0.05) is 24.3 Å². The number of amides is 1. The van der Waals surface area contributed by atoms with Crippen molar-refractivity contribution in [2.24, 2.45) is 0 Å². The number of hydrogen-bond acceptors (Lipinski definition) is 3. The van der Waals surface area contributed by atoms with Crippen LogP contribution in [0.1, 0.15) is 21.6 Å². The molecule has 3 rings (SSSR count). The second-order valence-corrected chi connectivity index (χ2v) is 6.12. The molecule has 144 valence electrons. The maximum Gasteiger partial charge on any atom is 0.267 e. The fraction of sp³-hybridized carbons (Fsp3) is 0.143. The Bertz CT molecular complexity index is 999. The molecule has 0 radical (unpaired) electrons. The second kappa shape index (κ2) is 8.94. The van der Waals surface area contributed by atoms with Crippen LogP contribution in [0.15, 0.2) is 65.6 Å². The number of carbonyl (C=O) groups excluding carboxylic acids is 1. The third kappa shape index (κ3) is 5.26. The van der Waals surface area contributed by atoms with Gasteiger partial charge in [0.15, 0.2) is 5.75 Å². The standard InChI is InChI=1S/C21H18F2N2O3/c22-16-5-1-14(2-6-16)9-10-24-21(27)18-11-19(26)20(12-25-18)28-13-15-3-7-17(23)8-4-15/h1-8,11-12H,9-10,13H2,(H,24,27)(H,25,26). The largest absolute Gasteiger partial charge is 0.483 e. The molecule has 0 aliphatic heterocycles. The molecule has 2 aromatic carbocycles. The predicted molar refractivity (Wildman–Crippen MR) is 100 cm³/mol. The minimum atomic E-state index is -0.440. The first kappa shape index (κ1) is 19.3. The summed E-state index contributed by atoms with van der Waals surface area (Å²) in [6, 6.07) is 12.9. The Morgan fingerprint density at radius 3 is 2.18 bits per heavy atom. The van der Waals surface area contributed by atoms with Gasteiger partial charge in [0.05, 0.1) is 0 Å². The Hall–Kier alpha value is -3.48. The molecule has 28 heavy (non-hydrogen) atoms. The molecule has 0 fully saturated rings. The molecule has 0 bridgehead atoms. The van der Waals surface area contributed by atoms with E-state index in [4.69, 9.17) is 4.74 Å². The number of rotatable bonds is 7. The van der Waals surface area contributed by atoms with Crippen molar-refractivity contribution < 1.29 is 18.3 Å². The van der Waals surface area contributed by atoms with E-state index in [1.807, 2.05) is 0 Å². The van der Waals surface area contributed by atoms with Crippen molar-refractivity contribution in [1.82, 2.24) is 10.3 Å². The summed E-state index contributed by atoms with van der Waals surface area (Å²) in [4.78, 5) is 27.0. The number of hydrogen-bond donors (Lipinski definition) is 2. The highest BCUT2D eigenvalue weighted by molar-refractivity contribution is 5.92. The van der Waals surface area contributed by atoms with Gasteiger partial charge >= 0.3 is 0 Å². The van der Waals surface area contributed by atoms with E-state index in [2.05, 4.69) is 10.3 Å². The Morgan fingerprint density at radius 2 is 1.57 bits per heavy atom. The number of pyridine rings is 1. The van der Waals surface area contributed by atoms with E-state index in [1.165, 1.54) is 30.5 Å². The van der Waals surface area contributed by atoms with Gasteiger partial charge < -0.3 is 15.0 Å². The number of benzene rings is 2. The van der Waals surface area contributed by atoms with Gasteiger partial charge in [-0.05, 0) is 41.8 Å². The number of aromatic amines is 1. The predicted octanol–water partition coefficient (Wildman–Crippen LogP) is 3.20. The maximum absolute atomic E-state index is 12.9. The molecule has 1 aromatic heterocycles. The quantitative estimate of drug-likeness (QED) is 0.657. The van der Waals surface area contributed by atoms with Crippen LogP contribution in [-0.4, -0.2) is 17.4 Å². The van der Waals surface area contributed by atoms with Gasteiger partial charge in [-0.15, -0.1) is 0 Å². The van der Waals surface area contributed by atoms with Crippen LogP contribution in [0.4, 0.5) is 8.78 Å². The van der Waals surface area contributed by atoms with Crippen molar-refractivity contribution in [3.05, 3.63) is 99.5 Å². The van der Waals surface area contributed by atoms with Gasteiger partial charge in [0.1, 0.15) is 23.9 Å². The number of ether oxygens (including phenoxy) is 1. The highest BCUT2D eigenvalue weighted by Crippen LogP contribution is 2.08. The van der Waals surface area contributed by atoms with E-state index in [9.17, 15) is 18.4 Å². The zero-order valence-electron chi connectivity index (χ0n) is 14.9. The third-order valence-electron chi connectivity index (χ3n) is 4.04. The summed E-state index contributed by atoms with van der Waals surface area (Å²) in [5.41, 5.74) is 1.27. The van der Waals surface area contributed by atoms with Crippen LogP contribution in [-0.2, 0) is 13.0 Å². The van der Waals surface area contributed by atoms with E-state index in [0.29, 0.717) is 18.5 Å². The molecule has 0 aliphatic rings. The molecule has 1 heterocycles. The van der Waals surface area contributed by atoms with Gasteiger partial charge in [-0.25, -0.2) is 8.78 Å². The maximum atomic E-state index is 12.9. The second-order valence-electron chi connectivity index (χ2n) is 6.12. The lowest BCUT2D eigenvalue weighted by Crippen LogP contribution is -2.27. The average molecular weight is 384 g/mol. The summed E-state index contributed by atoms with van der Waals surface area (Å²) < 4.78 is 31.2. The van der Waals surface area contributed by atoms with Crippen LogP contribution >= 0.6 is 0 Å². The molecule has 0 saturated carbocycles. The van der Waals surface area contributed by atoms with Crippen LogP contribution in [0.3, 0.4) is 0 Å². The average Bonchev–Trinajstić information content (AvgIpc) is 2.69. The summed E-state index contributed by atoms with van der Waals surface area (Å²) in [6.07, 6.45) is 1.86. The summed E-state index contributed by atoms with van der Waals surface area (Å²) in [5.74, 6) is -1.03. The summed E-state index contributed by atoms with van der Waals surface area (Å²) in [7, 11) is 0. The van der Waals surface area contributed by atoms with Crippen LogP contribution < -0.4 is 15.5 Å². The minimum Gasteiger partial charge on any atom is -0.483 e. The SMILES string of the molecule is O=C(NCCc1ccc(F)cc1)c1cc(=O)c(OCc2ccc(F)cc2)c[nH]1. The molecular formula is C21H18F2N2O3. The van der Waals surface area contributed by atoms with E-state index < -0.39 is 11.3 Å². The molecule has 2 N–H and O–H groups in total. The van der Waals surface area contributed by atoms with Gasteiger partial charge in [-0.2, -0.15) is 0 Å². The fourth-order valence-corrected chi connectivity index (χ4v) is 2.51. The number of aromatic nitrogens is 1. The first-order valence-electron chi connectivity index (χ1n) is 8.64. The minimum absolute atomic E-state index is 0.0622. The molecule has 7 heteroatoms. The van der Waals surface area contributed by atoms with Gasteiger partial charge in [-0.3, -0.25) is 9.59 Å². The summed E-state index contributed by atoms with van der Waals surface area (Å²) in [5, 5.41) is 2.69. The van der Waals surface area contributed by atoms with Gasteiger partial charge in [0, 0.05) is 18.8 Å². The van der Waals surface area contributed by atoms with Gasteiger partial charge in [0.2, 0.25) is 5.43 Å². The smallest absolute Gasteiger partial charge is 0.267 e. The van der Waals surface area contributed by atoms with E-state index >= 15 is 0 Å². The summed E-state index contributed by atoms with van der Waals surface area (Å²) >= 11 is 0. The first-order chi connectivity index (χ1) is 13.5. The van der Waals surface area contributed by atoms with Gasteiger partial charge in [0.25, 0.3) is 5.91 Å². The van der Waals surface area contributed by atoms with E-state index in [1.54, 1.807) is 24.3 Å². The lowest BCUT2D eigenvalue weighted by Gasteiger charge is -2.08. The molecule has 5 nitrogen and oxygen atoms in total. The molecule has 0 aliphatic carbocycles. The Kier molecular flexibility index (Phi) is 6.16. The van der Waals surface area contributed by atoms with Crippen molar-refractivity contribution in [3.63, 3.8) is 0 Å². The summed E-state index contributed by atoms with van der Waals surface area (Å²) in [6.45, 7) is 0.446. The number of nitrogens with one attached hydrogen (secondary N) is 2. The van der Waals surface area contributed by atoms with Crippen LogP contribution in [0, 0.1) is 11.6 Å². The van der Waals surface area contributed by atoms with E-state index in [-0.39, 0.29) is 29.7 Å². The number of halogens is 2. The number of carbonyl (C=O) groups is 1. The highest BCUT2D eigenvalue weighted by atomic mass is 19.1. The monoisotopic (exact) mass is 384 g/mol. The van der Waals surface area contributed by atoms with Crippen LogP contribution in [0.5, 0.6) is 5.75 Å². The third-order valence-corrected chi connectivity index (χ3v) is 4.04. The van der Waals surface area contributed by atoms with Crippen LogP contribution in [0.2, 0.25) is 0 Å². The first-order valence-corrected chi connectivity index (χ1v) is 8.64. The van der Waals surface area contributed by atoms with E-state index in [0.717, 1.165) is 11.6 Å². The van der Waals surface area contributed by atoms with Crippen molar-refractivity contribution in [2.45, 2.75) is 13.0 Å². The molecule has 0 unspecified atom stereocenters. The lowest BCUT2D eigenvalue weighted by atomic mass is 10.1. The lowest BCUT2D eigenvalue weighted by molar-refractivity contribution is 0.0949. The topological polar surface area (TPSA) is 71.2 Å². The van der Waals surface area contributed by atoms with Crippen molar-refractivity contribution >= 4 is 5.91 Å². The Balaban J connectivity index is 1.53. The Labute approximate surface area is 160 Å². The van der Waals surface area contributed by atoms with Crippen LogP contribution in [0.25, 0.3) is 0 Å². The zero-order valence-corrected chi connectivity index (χ0v) is 14.9. The van der Waals surface area contributed by atoms with Crippen molar-refractivity contribution in [1.29, 1.82) is 0 Å². The number of H-pyrrole nitrogens is 1. The van der Waals surface area contributed by atoms with Crippen molar-refractivity contribution in [3.8, 4) is 5.75 Å². The molecule has 1 amide bonds. The highest BCUT2D eigenvalue weighted by Gasteiger charge is 2.09. The zero-order chi connectivity index (χ0) is 19.9. The molecular weight excluding hydrogens is 366 g/mol. The Morgan fingerprint density at radius 1 is 0.964 bits per heavy atom. The molecule has 0 spiro atoms. The molecule has 3 aromatic rings. The molecule has 0 saturated heterocycles.